The van der Waals surface area contributed by atoms with E-state index in [0.717, 1.165) is 49.6 Å². The lowest BCUT2D eigenvalue weighted by atomic mass is 10.2. The minimum Gasteiger partial charge on any atom is -0.355 e. The molecule has 7 heteroatoms. The van der Waals surface area contributed by atoms with Crippen LogP contribution in [0.25, 0.3) is 0 Å². The molecule has 1 saturated heterocycles. The zero-order valence-electron chi connectivity index (χ0n) is 14.0. The number of aryl methyl sites for hydroxylation is 1. The molecule has 24 heavy (non-hydrogen) atoms. The second-order valence-corrected chi connectivity index (χ2v) is 6.19. The Morgan fingerprint density at radius 1 is 1.50 bits per heavy atom. The summed E-state index contributed by atoms with van der Waals surface area (Å²) < 4.78 is 0. The molecule has 0 aromatic carbocycles. The maximum absolute atomic E-state index is 12.2. The second kappa shape index (κ2) is 7.44. The fraction of sp³-hybridized carbons (Fsp3) is 0.471. The highest BCUT2D eigenvalue weighted by molar-refractivity contribution is 5.92. The maximum atomic E-state index is 12.2. The highest BCUT2D eigenvalue weighted by Crippen LogP contribution is 2.17. The summed E-state index contributed by atoms with van der Waals surface area (Å²) in [6.45, 7) is 4.22. The SMILES string of the molecule is CCCc1cc(C(=O)NCc2cccc(N3CCC(N)C3)n2)n[nH]1. The number of anilines is 1. The van der Waals surface area contributed by atoms with Gasteiger partial charge in [-0.3, -0.25) is 9.89 Å². The highest BCUT2D eigenvalue weighted by atomic mass is 16.1. The zero-order chi connectivity index (χ0) is 16.9. The molecule has 0 spiro atoms. The normalized spacial score (nSPS) is 17.2. The van der Waals surface area contributed by atoms with Crippen molar-refractivity contribution in [3.8, 4) is 0 Å². The van der Waals surface area contributed by atoms with Crippen molar-refractivity contribution in [3.05, 3.63) is 41.3 Å². The van der Waals surface area contributed by atoms with E-state index >= 15 is 0 Å². The van der Waals surface area contributed by atoms with E-state index in [1.54, 1.807) is 6.07 Å². The Balaban J connectivity index is 1.58. The van der Waals surface area contributed by atoms with Gasteiger partial charge in [-0.25, -0.2) is 4.98 Å². The van der Waals surface area contributed by atoms with Crippen LogP contribution in [0.3, 0.4) is 0 Å². The number of pyridine rings is 1. The first kappa shape index (κ1) is 16.4. The molecule has 0 radical (unpaired) electrons. The van der Waals surface area contributed by atoms with Crippen LogP contribution in [-0.2, 0) is 13.0 Å². The molecule has 0 bridgehead atoms. The van der Waals surface area contributed by atoms with E-state index < -0.39 is 0 Å². The van der Waals surface area contributed by atoms with E-state index in [2.05, 4.69) is 32.3 Å². The molecule has 2 aromatic rings. The molecule has 0 saturated carbocycles. The average molecular weight is 328 g/mol. The molecule has 0 aliphatic carbocycles. The van der Waals surface area contributed by atoms with Crippen LogP contribution in [0.4, 0.5) is 5.82 Å². The van der Waals surface area contributed by atoms with Gasteiger partial charge in [0, 0.05) is 24.8 Å². The maximum Gasteiger partial charge on any atom is 0.272 e. The Morgan fingerprint density at radius 3 is 3.12 bits per heavy atom. The van der Waals surface area contributed by atoms with E-state index in [-0.39, 0.29) is 11.9 Å². The summed E-state index contributed by atoms with van der Waals surface area (Å²) in [5.74, 6) is 0.726. The van der Waals surface area contributed by atoms with Gasteiger partial charge in [0.1, 0.15) is 11.5 Å². The molecule has 3 rings (SSSR count). The second-order valence-electron chi connectivity index (χ2n) is 6.19. The molecule has 3 heterocycles. The van der Waals surface area contributed by atoms with Crippen LogP contribution >= 0.6 is 0 Å². The summed E-state index contributed by atoms with van der Waals surface area (Å²) in [6.07, 6.45) is 2.89. The molecule has 1 amide bonds. The standard InChI is InChI=1S/C17H24N6O/c1-2-4-13-9-15(22-21-13)17(24)19-10-14-5-3-6-16(20-14)23-8-7-12(18)11-23/h3,5-6,9,12H,2,4,7-8,10-11,18H2,1H3,(H,19,24)(H,21,22). The van der Waals surface area contributed by atoms with Crippen LogP contribution in [0, 0.1) is 0 Å². The number of nitrogens with one attached hydrogen (secondary N) is 2. The topological polar surface area (TPSA) is 99.9 Å². The van der Waals surface area contributed by atoms with Crippen molar-refractivity contribution in [2.24, 2.45) is 5.73 Å². The number of nitrogens with zero attached hydrogens (tertiary/aromatic N) is 3. The monoisotopic (exact) mass is 328 g/mol. The van der Waals surface area contributed by atoms with Crippen LogP contribution in [0.5, 0.6) is 0 Å². The minimum absolute atomic E-state index is 0.191. The predicted octanol–water partition coefficient (Wildman–Crippen LogP) is 1.22. The van der Waals surface area contributed by atoms with Gasteiger partial charge in [0.25, 0.3) is 5.91 Å². The predicted molar refractivity (Wildman–Crippen MR) is 92.8 cm³/mol. The molecule has 128 valence electrons. The third-order valence-corrected chi connectivity index (χ3v) is 4.15. The third kappa shape index (κ3) is 3.91. The lowest BCUT2D eigenvalue weighted by molar-refractivity contribution is 0.0945. The first-order valence-electron chi connectivity index (χ1n) is 8.44. The first-order chi connectivity index (χ1) is 11.7. The Hall–Kier alpha value is -2.41. The summed E-state index contributed by atoms with van der Waals surface area (Å²) in [5, 5.41) is 9.82. The van der Waals surface area contributed by atoms with Gasteiger partial charge in [0.2, 0.25) is 0 Å². The van der Waals surface area contributed by atoms with E-state index in [1.165, 1.54) is 0 Å². The Kier molecular flexibility index (Phi) is 5.10. The summed E-state index contributed by atoms with van der Waals surface area (Å²) in [7, 11) is 0. The molecule has 1 aliphatic rings. The van der Waals surface area contributed by atoms with Gasteiger partial charge in [-0.05, 0) is 31.0 Å². The van der Waals surface area contributed by atoms with Crippen molar-refractivity contribution < 1.29 is 4.79 Å². The zero-order valence-corrected chi connectivity index (χ0v) is 14.0. The number of carbonyl (C=O) groups is 1. The van der Waals surface area contributed by atoms with Gasteiger partial charge in [0.15, 0.2) is 0 Å². The van der Waals surface area contributed by atoms with Crippen LogP contribution in [0.2, 0.25) is 0 Å². The average Bonchev–Trinajstić information content (AvgIpc) is 3.22. The summed E-state index contributed by atoms with van der Waals surface area (Å²) in [4.78, 5) is 19.0. The van der Waals surface area contributed by atoms with Gasteiger partial charge in [-0.1, -0.05) is 19.4 Å². The molecule has 1 unspecified atom stereocenters. The number of carbonyl (C=O) groups excluding carboxylic acids is 1. The summed E-state index contributed by atoms with van der Waals surface area (Å²) >= 11 is 0. The van der Waals surface area contributed by atoms with Gasteiger partial charge in [-0.15, -0.1) is 0 Å². The molecule has 1 atom stereocenters. The highest BCUT2D eigenvalue weighted by Gasteiger charge is 2.20. The number of aromatic nitrogens is 3. The van der Waals surface area contributed by atoms with Gasteiger partial charge >= 0.3 is 0 Å². The lowest BCUT2D eigenvalue weighted by Crippen LogP contribution is -2.27. The molecule has 7 nitrogen and oxygen atoms in total. The largest absolute Gasteiger partial charge is 0.355 e. The van der Waals surface area contributed by atoms with E-state index in [1.807, 2.05) is 18.2 Å². The first-order valence-corrected chi connectivity index (χ1v) is 8.44. The minimum atomic E-state index is -0.191. The molecule has 1 fully saturated rings. The fourth-order valence-electron chi connectivity index (χ4n) is 2.87. The van der Waals surface area contributed by atoms with Crippen molar-refractivity contribution >= 4 is 11.7 Å². The van der Waals surface area contributed by atoms with Crippen LogP contribution in [0.1, 0.15) is 41.6 Å². The molecule has 1 aliphatic heterocycles. The van der Waals surface area contributed by atoms with E-state index in [9.17, 15) is 4.79 Å². The van der Waals surface area contributed by atoms with Crippen LogP contribution < -0.4 is 16.0 Å². The molecule has 2 aromatic heterocycles. The number of rotatable bonds is 6. The number of H-pyrrole nitrogens is 1. The van der Waals surface area contributed by atoms with Crippen molar-refractivity contribution in [1.82, 2.24) is 20.5 Å². The number of nitrogens with two attached hydrogens (primary N) is 1. The van der Waals surface area contributed by atoms with Gasteiger partial charge in [0.05, 0.1) is 12.2 Å². The summed E-state index contributed by atoms with van der Waals surface area (Å²) in [5.41, 5.74) is 8.17. The summed E-state index contributed by atoms with van der Waals surface area (Å²) in [6, 6.07) is 7.86. The number of amides is 1. The van der Waals surface area contributed by atoms with E-state index in [4.69, 9.17) is 5.73 Å². The number of aromatic amines is 1. The lowest BCUT2D eigenvalue weighted by Gasteiger charge is -2.17. The van der Waals surface area contributed by atoms with Crippen molar-refractivity contribution in [2.45, 2.75) is 38.8 Å². The Labute approximate surface area is 141 Å². The van der Waals surface area contributed by atoms with Crippen molar-refractivity contribution in [2.75, 3.05) is 18.0 Å². The van der Waals surface area contributed by atoms with E-state index in [0.29, 0.717) is 12.2 Å². The van der Waals surface area contributed by atoms with Crippen LogP contribution in [0.15, 0.2) is 24.3 Å². The van der Waals surface area contributed by atoms with Gasteiger partial charge < -0.3 is 16.0 Å². The van der Waals surface area contributed by atoms with Crippen molar-refractivity contribution in [3.63, 3.8) is 0 Å². The number of hydrogen-bond acceptors (Lipinski definition) is 5. The molecular formula is C17H24N6O. The smallest absolute Gasteiger partial charge is 0.272 e. The molecular weight excluding hydrogens is 304 g/mol. The van der Waals surface area contributed by atoms with Gasteiger partial charge in [-0.2, -0.15) is 5.10 Å². The van der Waals surface area contributed by atoms with Crippen LogP contribution in [-0.4, -0.2) is 40.2 Å². The molecule has 4 N–H and O–H groups in total. The fourth-order valence-corrected chi connectivity index (χ4v) is 2.87. The number of hydrogen-bond donors (Lipinski definition) is 3. The quantitative estimate of drug-likeness (QED) is 0.740. The Morgan fingerprint density at radius 2 is 2.38 bits per heavy atom. The van der Waals surface area contributed by atoms with Crippen molar-refractivity contribution in [1.29, 1.82) is 0 Å². The third-order valence-electron chi connectivity index (χ3n) is 4.15. The Bertz CT molecular complexity index is 698.